The average molecular weight is 389 g/mol. The molecule has 0 aliphatic carbocycles. The molecule has 2 aromatic heterocycles. The van der Waals surface area contributed by atoms with Crippen LogP contribution in [0.4, 0.5) is 0 Å². The molecule has 2 aromatic carbocycles. The van der Waals surface area contributed by atoms with E-state index >= 15 is 0 Å². The van der Waals surface area contributed by atoms with E-state index < -0.39 is 0 Å². The molecule has 0 radical (unpaired) electrons. The van der Waals surface area contributed by atoms with E-state index in [1.807, 2.05) is 71.2 Å². The van der Waals surface area contributed by atoms with Crippen molar-refractivity contribution in [2.45, 2.75) is 19.4 Å². The molecule has 1 aliphatic rings. The first-order valence-corrected chi connectivity index (χ1v) is 10.1. The molecule has 1 saturated heterocycles. The monoisotopic (exact) mass is 389 g/mol. The van der Waals surface area contributed by atoms with Gasteiger partial charge < -0.3 is 4.90 Å². The van der Waals surface area contributed by atoms with Crippen molar-refractivity contribution in [2.75, 3.05) is 13.1 Å². The van der Waals surface area contributed by atoms with Crippen LogP contribution in [0.25, 0.3) is 21.5 Å². The van der Waals surface area contributed by atoms with Crippen LogP contribution in [0.1, 0.15) is 27.8 Å². The number of likely N-dealkylation sites (tertiary alicyclic amines) is 1. The van der Waals surface area contributed by atoms with Gasteiger partial charge in [-0.15, -0.1) is 16.4 Å². The molecule has 0 spiro atoms. The van der Waals surface area contributed by atoms with Crippen molar-refractivity contribution >= 4 is 27.5 Å². The summed E-state index contributed by atoms with van der Waals surface area (Å²) >= 11 is 1.62. The van der Waals surface area contributed by atoms with Gasteiger partial charge >= 0.3 is 0 Å². The van der Waals surface area contributed by atoms with E-state index in [-0.39, 0.29) is 11.9 Å². The predicted octanol–water partition coefficient (Wildman–Crippen LogP) is 3.95. The van der Waals surface area contributed by atoms with E-state index in [2.05, 4.69) is 15.3 Å². The number of thiazole rings is 1. The van der Waals surface area contributed by atoms with Gasteiger partial charge in [0, 0.05) is 24.2 Å². The third kappa shape index (κ3) is 3.07. The second-order valence-corrected chi connectivity index (χ2v) is 8.29. The SMILES string of the molecule is Cc1nc2ccc(C(=O)N3CC[C@@H](n4cc(-c5ccccc5)nn4)C3)cc2s1. The Morgan fingerprint density at radius 2 is 2.04 bits per heavy atom. The maximum atomic E-state index is 13.0. The van der Waals surface area contributed by atoms with Crippen LogP contribution in [0.3, 0.4) is 0 Å². The molecule has 0 saturated carbocycles. The molecule has 4 aromatic rings. The molecule has 1 aliphatic heterocycles. The Hall–Kier alpha value is -3.06. The topological polar surface area (TPSA) is 63.9 Å². The molecule has 1 atom stereocenters. The van der Waals surface area contributed by atoms with E-state index in [1.165, 1.54) is 0 Å². The molecule has 6 nitrogen and oxygen atoms in total. The van der Waals surface area contributed by atoms with Crippen molar-refractivity contribution < 1.29 is 4.79 Å². The van der Waals surface area contributed by atoms with Crippen LogP contribution in [0.2, 0.25) is 0 Å². The summed E-state index contributed by atoms with van der Waals surface area (Å²) in [6.07, 6.45) is 2.85. The first-order chi connectivity index (χ1) is 13.7. The first kappa shape index (κ1) is 17.1. The fourth-order valence-corrected chi connectivity index (χ4v) is 4.56. The first-order valence-electron chi connectivity index (χ1n) is 9.31. The number of fused-ring (bicyclic) bond motifs is 1. The molecular weight excluding hydrogens is 370 g/mol. The normalized spacial score (nSPS) is 16.8. The van der Waals surface area contributed by atoms with E-state index in [1.54, 1.807) is 11.3 Å². The Morgan fingerprint density at radius 3 is 2.89 bits per heavy atom. The van der Waals surface area contributed by atoms with Crippen molar-refractivity contribution in [3.63, 3.8) is 0 Å². The van der Waals surface area contributed by atoms with Crippen molar-refractivity contribution in [2.24, 2.45) is 0 Å². The smallest absolute Gasteiger partial charge is 0.253 e. The standard InChI is InChI=1S/C21H19N5OS/c1-14-22-18-8-7-16(11-20(18)28-14)21(27)25-10-9-17(12-25)26-13-19(23-24-26)15-5-3-2-4-6-15/h2-8,11,13,17H,9-10,12H2,1H3/t17-/m1/s1. The van der Waals surface area contributed by atoms with Gasteiger partial charge in [-0.3, -0.25) is 4.79 Å². The summed E-state index contributed by atoms with van der Waals surface area (Å²) in [4.78, 5) is 19.3. The number of rotatable bonds is 3. The summed E-state index contributed by atoms with van der Waals surface area (Å²) in [5.74, 6) is 0.0684. The van der Waals surface area contributed by atoms with Gasteiger partial charge in [0.25, 0.3) is 5.91 Å². The molecule has 0 unspecified atom stereocenters. The number of amides is 1. The van der Waals surface area contributed by atoms with E-state index in [0.717, 1.165) is 45.0 Å². The molecule has 0 bridgehead atoms. The Balaban J connectivity index is 1.32. The van der Waals surface area contributed by atoms with Gasteiger partial charge in [-0.25, -0.2) is 9.67 Å². The largest absolute Gasteiger partial charge is 0.336 e. The Bertz CT molecular complexity index is 1150. The highest BCUT2D eigenvalue weighted by Gasteiger charge is 2.29. The van der Waals surface area contributed by atoms with Crippen LogP contribution in [-0.4, -0.2) is 43.9 Å². The van der Waals surface area contributed by atoms with E-state index in [0.29, 0.717) is 6.54 Å². The predicted molar refractivity (Wildman–Crippen MR) is 109 cm³/mol. The lowest BCUT2D eigenvalue weighted by molar-refractivity contribution is 0.0787. The van der Waals surface area contributed by atoms with Crippen LogP contribution in [0, 0.1) is 6.92 Å². The molecular formula is C21H19N5OS. The second kappa shape index (κ2) is 6.83. The van der Waals surface area contributed by atoms with Crippen LogP contribution in [0.5, 0.6) is 0 Å². The fraction of sp³-hybridized carbons (Fsp3) is 0.238. The molecule has 3 heterocycles. The number of benzene rings is 2. The Kier molecular flexibility index (Phi) is 4.16. The summed E-state index contributed by atoms with van der Waals surface area (Å²) < 4.78 is 2.95. The minimum atomic E-state index is 0.0684. The van der Waals surface area contributed by atoms with Gasteiger partial charge in [0.15, 0.2) is 0 Å². The average Bonchev–Trinajstić information content (AvgIpc) is 3.45. The third-order valence-electron chi connectivity index (χ3n) is 5.15. The van der Waals surface area contributed by atoms with Crippen molar-refractivity contribution in [3.05, 3.63) is 65.3 Å². The zero-order chi connectivity index (χ0) is 19.1. The van der Waals surface area contributed by atoms with Gasteiger partial charge in [-0.2, -0.15) is 0 Å². The maximum Gasteiger partial charge on any atom is 0.253 e. The Labute approximate surface area is 166 Å². The zero-order valence-corrected chi connectivity index (χ0v) is 16.3. The summed E-state index contributed by atoms with van der Waals surface area (Å²) in [6, 6.07) is 15.9. The lowest BCUT2D eigenvalue weighted by Gasteiger charge is -2.16. The highest BCUT2D eigenvalue weighted by molar-refractivity contribution is 7.18. The van der Waals surface area contributed by atoms with Gasteiger partial charge in [0.2, 0.25) is 0 Å². The quantitative estimate of drug-likeness (QED) is 0.532. The Morgan fingerprint density at radius 1 is 1.18 bits per heavy atom. The minimum absolute atomic E-state index is 0.0684. The van der Waals surface area contributed by atoms with Crippen molar-refractivity contribution in [1.82, 2.24) is 24.9 Å². The molecule has 5 rings (SSSR count). The van der Waals surface area contributed by atoms with Gasteiger partial charge in [0.05, 0.1) is 27.5 Å². The van der Waals surface area contributed by atoms with Gasteiger partial charge in [-0.1, -0.05) is 35.5 Å². The molecule has 28 heavy (non-hydrogen) atoms. The lowest BCUT2D eigenvalue weighted by Crippen LogP contribution is -2.29. The number of hydrogen-bond donors (Lipinski definition) is 0. The lowest BCUT2D eigenvalue weighted by atomic mass is 10.2. The highest BCUT2D eigenvalue weighted by Crippen LogP contribution is 2.27. The van der Waals surface area contributed by atoms with Gasteiger partial charge in [0.1, 0.15) is 5.69 Å². The summed E-state index contributed by atoms with van der Waals surface area (Å²) in [5.41, 5.74) is 3.58. The third-order valence-corrected chi connectivity index (χ3v) is 6.08. The molecule has 0 N–H and O–H groups in total. The molecule has 1 amide bonds. The number of carbonyl (C=O) groups is 1. The van der Waals surface area contributed by atoms with Gasteiger partial charge in [-0.05, 0) is 31.5 Å². The fourth-order valence-electron chi connectivity index (χ4n) is 3.69. The van der Waals surface area contributed by atoms with E-state index in [4.69, 9.17) is 0 Å². The summed E-state index contributed by atoms with van der Waals surface area (Å²) in [7, 11) is 0. The van der Waals surface area contributed by atoms with E-state index in [9.17, 15) is 4.79 Å². The zero-order valence-electron chi connectivity index (χ0n) is 15.4. The minimum Gasteiger partial charge on any atom is -0.336 e. The molecule has 7 heteroatoms. The number of aryl methyl sites for hydroxylation is 1. The van der Waals surface area contributed by atoms with Crippen molar-refractivity contribution in [3.8, 4) is 11.3 Å². The summed E-state index contributed by atoms with van der Waals surface area (Å²) in [5, 5.41) is 9.62. The summed E-state index contributed by atoms with van der Waals surface area (Å²) in [6.45, 7) is 3.36. The maximum absolute atomic E-state index is 13.0. The van der Waals surface area contributed by atoms with Crippen molar-refractivity contribution in [1.29, 1.82) is 0 Å². The van der Waals surface area contributed by atoms with Crippen LogP contribution in [-0.2, 0) is 0 Å². The van der Waals surface area contributed by atoms with Crippen LogP contribution < -0.4 is 0 Å². The molecule has 140 valence electrons. The second-order valence-electron chi connectivity index (χ2n) is 7.06. The van der Waals surface area contributed by atoms with Crippen LogP contribution >= 0.6 is 11.3 Å². The molecule has 1 fully saturated rings. The highest BCUT2D eigenvalue weighted by atomic mass is 32.1. The number of carbonyl (C=O) groups excluding carboxylic acids is 1. The number of hydrogen-bond acceptors (Lipinski definition) is 5. The number of aromatic nitrogens is 4. The van der Waals surface area contributed by atoms with Crippen LogP contribution in [0.15, 0.2) is 54.7 Å². The number of nitrogens with zero attached hydrogens (tertiary/aromatic N) is 5.